The number of aliphatic imine (C=N–C) groups is 1. The number of hydrogen-bond acceptors (Lipinski definition) is 8. The summed E-state index contributed by atoms with van der Waals surface area (Å²) in [7, 11) is 2.32. The summed E-state index contributed by atoms with van der Waals surface area (Å²) in [5, 5.41) is 4.93. The van der Waals surface area contributed by atoms with E-state index in [0.717, 1.165) is 51.8 Å². The molecule has 0 bridgehead atoms. The van der Waals surface area contributed by atoms with Gasteiger partial charge in [-0.1, -0.05) is 76.2 Å². The molecule has 17 heteroatoms. The van der Waals surface area contributed by atoms with E-state index in [-0.39, 0.29) is 18.2 Å². The number of likely N-dealkylation sites (tertiary alicyclic amines) is 2. The molecule has 3 N–H and O–H groups in total. The first-order chi connectivity index (χ1) is 27.4. The number of imidazole rings is 1. The molecule has 6 rings (SSSR count). The number of rotatable bonds is 11. The summed E-state index contributed by atoms with van der Waals surface area (Å²) in [5.74, 6) is -8.11. The average molecular weight is 810 g/mol. The Morgan fingerprint density at radius 3 is 1.66 bits per heavy atom. The highest BCUT2D eigenvalue weighted by molar-refractivity contribution is 6.04. The molecule has 2 aromatic carbocycles. The molecule has 3 aliphatic rings. The third-order valence-corrected chi connectivity index (χ3v) is 10.7. The maximum absolute atomic E-state index is 14.8. The van der Waals surface area contributed by atoms with Crippen LogP contribution in [0.3, 0.4) is 0 Å². The van der Waals surface area contributed by atoms with Gasteiger partial charge in [-0.25, -0.2) is 32.1 Å². The van der Waals surface area contributed by atoms with Gasteiger partial charge >= 0.3 is 12.2 Å². The number of H-pyrrole nitrogens is 1. The van der Waals surface area contributed by atoms with Crippen LogP contribution in [-0.4, -0.2) is 107 Å². The van der Waals surface area contributed by atoms with Crippen molar-refractivity contribution in [3.8, 4) is 22.4 Å². The van der Waals surface area contributed by atoms with E-state index in [1.165, 1.54) is 6.20 Å². The Bertz CT molecular complexity index is 2080. The fraction of sp³-hybridized carbons (Fsp3) is 0.463. The molecule has 0 radical (unpaired) electrons. The van der Waals surface area contributed by atoms with Crippen LogP contribution in [0.2, 0.25) is 0 Å². The van der Waals surface area contributed by atoms with E-state index < -0.39 is 91.9 Å². The number of halogens is 4. The summed E-state index contributed by atoms with van der Waals surface area (Å²) < 4.78 is 68.4. The molecule has 0 saturated carbocycles. The number of alkyl carbamates (subject to hydrolysis) is 2. The molecule has 4 atom stereocenters. The highest BCUT2D eigenvalue weighted by Crippen LogP contribution is 2.42. The van der Waals surface area contributed by atoms with Gasteiger partial charge < -0.3 is 34.9 Å². The minimum absolute atomic E-state index is 0.199. The van der Waals surface area contributed by atoms with Gasteiger partial charge in [-0.05, 0) is 39.7 Å². The number of aromatic nitrogens is 2. The van der Waals surface area contributed by atoms with E-state index in [1.807, 2.05) is 48.5 Å². The lowest BCUT2D eigenvalue weighted by molar-refractivity contribution is -0.137. The summed E-state index contributed by atoms with van der Waals surface area (Å²) >= 11 is 0. The number of carbonyl (C=O) groups excluding carboxylic acids is 4. The topological polar surface area (TPSA) is 158 Å². The van der Waals surface area contributed by atoms with Crippen molar-refractivity contribution >= 4 is 35.3 Å². The summed E-state index contributed by atoms with van der Waals surface area (Å²) in [6.45, 7) is 5.23. The second kappa shape index (κ2) is 16.6. The second-order valence-corrected chi connectivity index (χ2v) is 15.6. The number of aromatic amines is 1. The molecule has 4 amide bonds. The van der Waals surface area contributed by atoms with E-state index in [4.69, 9.17) is 0 Å². The molecule has 3 aromatic rings. The van der Waals surface area contributed by atoms with E-state index in [9.17, 15) is 36.7 Å². The van der Waals surface area contributed by atoms with Crippen LogP contribution in [0.15, 0.2) is 65.9 Å². The maximum atomic E-state index is 14.8. The third-order valence-electron chi connectivity index (χ3n) is 10.7. The van der Waals surface area contributed by atoms with Crippen molar-refractivity contribution in [3.63, 3.8) is 0 Å². The van der Waals surface area contributed by atoms with Gasteiger partial charge in [0.05, 0.1) is 51.3 Å². The van der Waals surface area contributed by atoms with Gasteiger partial charge in [0.25, 0.3) is 11.8 Å². The highest BCUT2D eigenvalue weighted by atomic mass is 19.3. The number of nitrogens with one attached hydrogen (secondary N) is 3. The summed E-state index contributed by atoms with van der Waals surface area (Å²) in [4.78, 5) is 64.9. The van der Waals surface area contributed by atoms with Crippen LogP contribution in [0.25, 0.3) is 28.0 Å². The summed E-state index contributed by atoms with van der Waals surface area (Å²) in [6.07, 6.45) is 0.576. The van der Waals surface area contributed by atoms with Crippen molar-refractivity contribution in [3.05, 3.63) is 72.3 Å². The molecule has 0 aliphatic carbocycles. The molecule has 0 spiro atoms. The van der Waals surface area contributed by atoms with Crippen LogP contribution in [0.4, 0.5) is 27.2 Å². The highest BCUT2D eigenvalue weighted by Gasteiger charge is 2.52. The zero-order valence-corrected chi connectivity index (χ0v) is 33.0. The largest absolute Gasteiger partial charge is 0.453 e. The molecular weight excluding hydrogens is 762 g/mol. The van der Waals surface area contributed by atoms with Crippen molar-refractivity contribution in [1.82, 2.24) is 30.4 Å². The molecule has 0 unspecified atom stereocenters. The number of allylic oxidation sites excluding steroid dienone is 1. The average Bonchev–Trinajstić information content (AvgIpc) is 4.00. The van der Waals surface area contributed by atoms with Gasteiger partial charge in [0.15, 0.2) is 0 Å². The molecule has 13 nitrogen and oxygen atoms in total. The zero-order valence-electron chi connectivity index (χ0n) is 33.0. The lowest BCUT2D eigenvalue weighted by Crippen LogP contribution is -2.54. The van der Waals surface area contributed by atoms with Crippen molar-refractivity contribution in [2.45, 2.75) is 83.0 Å². The lowest BCUT2D eigenvalue weighted by Gasteiger charge is -2.30. The summed E-state index contributed by atoms with van der Waals surface area (Å²) in [6, 6.07) is 11.1. The van der Waals surface area contributed by atoms with Crippen LogP contribution in [-0.2, 0) is 19.1 Å². The van der Waals surface area contributed by atoms with Gasteiger partial charge in [0, 0.05) is 31.2 Å². The lowest BCUT2D eigenvalue weighted by atomic mass is 9.95. The number of hydrogen-bond donors (Lipinski definition) is 3. The zero-order chi connectivity index (χ0) is 42.1. The van der Waals surface area contributed by atoms with Crippen LogP contribution in [0, 0.1) is 11.8 Å². The first-order valence-electron chi connectivity index (χ1n) is 19.0. The smallest absolute Gasteiger partial charge is 0.407 e. The molecule has 310 valence electrons. The van der Waals surface area contributed by atoms with Gasteiger partial charge in [0.2, 0.25) is 11.8 Å². The molecule has 58 heavy (non-hydrogen) atoms. The van der Waals surface area contributed by atoms with Gasteiger partial charge in [-0.15, -0.1) is 0 Å². The van der Waals surface area contributed by atoms with E-state index in [1.54, 1.807) is 33.9 Å². The standard InChI is InChI=1S/C41H47F4N7O6/c1-22(2)33(49-38(55)57-5)36(53)51-20-40(42,43)16-31(51)29-15-28(18-46-29)26-9-7-24(8-10-26)25-11-13-27(14-12-25)30-19-47-35(48-30)32-17-41(44,45)21-52(32)37(54)34(23(3)4)50-39(56)58-6/h7-14,18-19,22-23,31-34H,15-17,20-21H2,1-6H3,(H,47,48)(H,49,55)(H,50,56)/t31-,32-,33-,34-/m0/s1. The molecule has 2 saturated heterocycles. The molecular formula is C41H47F4N7O6. The first-order valence-corrected chi connectivity index (χ1v) is 19.0. The molecule has 3 aliphatic heterocycles. The van der Waals surface area contributed by atoms with Gasteiger partial charge in [-0.2, -0.15) is 0 Å². The summed E-state index contributed by atoms with van der Waals surface area (Å²) in [5.41, 5.74) is 5.18. The molecule has 4 heterocycles. The molecule has 1 aromatic heterocycles. The van der Waals surface area contributed by atoms with Crippen LogP contribution < -0.4 is 10.6 Å². The minimum Gasteiger partial charge on any atom is -0.453 e. The number of benzene rings is 2. The van der Waals surface area contributed by atoms with E-state index in [0.29, 0.717) is 11.4 Å². The minimum atomic E-state index is -3.15. The van der Waals surface area contributed by atoms with Crippen molar-refractivity contribution < 1.29 is 46.2 Å². The van der Waals surface area contributed by atoms with E-state index in [2.05, 4.69) is 35.1 Å². The predicted molar refractivity (Wildman–Crippen MR) is 207 cm³/mol. The quantitative estimate of drug-likeness (QED) is 0.179. The van der Waals surface area contributed by atoms with Crippen molar-refractivity contribution in [2.75, 3.05) is 27.3 Å². The van der Waals surface area contributed by atoms with E-state index >= 15 is 0 Å². The number of ether oxygens (including phenoxy) is 2. The SMILES string of the molecule is COC(=O)N[C@H](C(=O)N1CC(F)(F)C[C@H]1C1=NC=C(c2ccc(-c3ccc(-c4cnc([C@@H]5CC(F)(F)CN5C(=O)[C@@H](NC(=O)OC)C(C)C)[nH]4)cc3)cc2)C1)C(C)C. The monoisotopic (exact) mass is 809 g/mol. The van der Waals surface area contributed by atoms with Gasteiger partial charge in [-0.3, -0.25) is 14.6 Å². The Labute approximate surface area is 333 Å². The Morgan fingerprint density at radius 2 is 1.17 bits per heavy atom. The fourth-order valence-corrected chi connectivity index (χ4v) is 7.59. The van der Waals surface area contributed by atoms with Crippen molar-refractivity contribution in [1.29, 1.82) is 0 Å². The first kappa shape index (κ1) is 41.9. The Balaban J connectivity index is 1.11. The second-order valence-electron chi connectivity index (χ2n) is 15.6. The number of methoxy groups -OCH3 is 2. The Morgan fingerprint density at radius 1 is 0.724 bits per heavy atom. The number of nitrogens with zero attached hydrogens (tertiary/aromatic N) is 4. The van der Waals surface area contributed by atoms with Crippen LogP contribution in [0.1, 0.15) is 64.4 Å². The maximum Gasteiger partial charge on any atom is 0.407 e. The predicted octanol–water partition coefficient (Wildman–Crippen LogP) is 6.84. The number of alkyl halides is 4. The fourth-order valence-electron chi connectivity index (χ4n) is 7.59. The number of amides is 4. The normalized spacial score (nSPS) is 20.8. The van der Waals surface area contributed by atoms with Gasteiger partial charge in [0.1, 0.15) is 17.9 Å². The molecule has 2 fully saturated rings. The van der Waals surface area contributed by atoms with Crippen LogP contribution in [0.5, 0.6) is 0 Å². The Kier molecular flexibility index (Phi) is 12.0. The van der Waals surface area contributed by atoms with Crippen LogP contribution >= 0.6 is 0 Å². The Hall–Kier alpha value is -5.74. The van der Waals surface area contributed by atoms with Crippen molar-refractivity contribution in [2.24, 2.45) is 16.8 Å². The third kappa shape index (κ3) is 9.02. The number of carbonyl (C=O) groups is 4.